The number of rotatable bonds is 7. The number of amides is 2. The zero-order valence-electron chi connectivity index (χ0n) is 13.5. The average Bonchev–Trinajstić information content (AvgIpc) is 2.60. The minimum Gasteiger partial charge on any atom is -0.480 e. The fraction of sp³-hybridized carbons (Fsp3) is 0.188. The smallest absolute Gasteiger partial charge is 0.408 e. The molecule has 26 heavy (non-hydrogen) atoms. The van der Waals surface area contributed by atoms with Crippen molar-refractivity contribution in [3.63, 3.8) is 0 Å². The fourth-order valence-corrected chi connectivity index (χ4v) is 1.94. The number of carboxylic acids is 1. The molecule has 2 amide bonds. The number of carbonyl (C=O) groups is 3. The van der Waals surface area contributed by atoms with Gasteiger partial charge in [0.05, 0.1) is 6.42 Å². The van der Waals surface area contributed by atoms with E-state index < -0.39 is 36.1 Å². The Morgan fingerprint density at radius 1 is 1.19 bits per heavy atom. The number of hydrogen-bond donors (Lipinski definition) is 4. The van der Waals surface area contributed by atoms with E-state index >= 15 is 0 Å². The highest BCUT2D eigenvalue weighted by Gasteiger charge is 2.24. The summed E-state index contributed by atoms with van der Waals surface area (Å²) < 4.78 is 4.92. The molecule has 1 heterocycles. The van der Waals surface area contributed by atoms with Gasteiger partial charge in [0, 0.05) is 6.20 Å². The van der Waals surface area contributed by atoms with Crippen molar-refractivity contribution >= 4 is 23.8 Å². The Hall–Kier alpha value is -3.69. The molecule has 2 aromatic rings. The summed E-state index contributed by atoms with van der Waals surface area (Å²) in [6.45, 7) is -0.0382. The lowest BCUT2D eigenvalue weighted by Gasteiger charge is -2.14. The van der Waals surface area contributed by atoms with Crippen LogP contribution in [-0.4, -0.2) is 39.1 Å². The number of carboxylic acid groups (broad SMARTS) is 1. The van der Waals surface area contributed by atoms with E-state index in [2.05, 4.69) is 20.6 Å². The Balaban J connectivity index is 1.87. The Morgan fingerprint density at radius 3 is 2.58 bits per heavy atom. The zero-order chi connectivity index (χ0) is 18.9. The molecule has 1 atom stereocenters. The summed E-state index contributed by atoms with van der Waals surface area (Å²) in [5.41, 5.74) is 0.0640. The molecule has 0 aliphatic carbocycles. The van der Waals surface area contributed by atoms with Gasteiger partial charge in [-0.05, 0) is 11.6 Å². The Kier molecular flexibility index (Phi) is 6.43. The lowest BCUT2D eigenvalue weighted by molar-refractivity contribution is -0.140. The molecular formula is C16H16N4O6. The number of H-pyrrole nitrogens is 1. The first-order valence-electron chi connectivity index (χ1n) is 7.49. The monoisotopic (exact) mass is 360 g/mol. The van der Waals surface area contributed by atoms with Crippen LogP contribution in [0.2, 0.25) is 0 Å². The van der Waals surface area contributed by atoms with Crippen LogP contribution in [0, 0.1) is 0 Å². The topological polar surface area (TPSA) is 150 Å². The van der Waals surface area contributed by atoms with Crippen molar-refractivity contribution in [2.75, 3.05) is 5.32 Å². The van der Waals surface area contributed by atoms with Gasteiger partial charge in [0.25, 0.3) is 0 Å². The summed E-state index contributed by atoms with van der Waals surface area (Å²) in [6, 6.07) is 8.66. The minimum absolute atomic E-state index is 0.0382. The van der Waals surface area contributed by atoms with Crippen molar-refractivity contribution in [3.05, 3.63) is 58.6 Å². The van der Waals surface area contributed by atoms with Gasteiger partial charge in [0.2, 0.25) is 5.91 Å². The zero-order valence-corrected chi connectivity index (χ0v) is 13.5. The molecule has 0 aliphatic heterocycles. The quantitative estimate of drug-likeness (QED) is 0.560. The van der Waals surface area contributed by atoms with Crippen LogP contribution in [-0.2, 0) is 20.9 Å². The third-order valence-corrected chi connectivity index (χ3v) is 3.14. The van der Waals surface area contributed by atoms with Crippen molar-refractivity contribution in [2.45, 2.75) is 19.1 Å². The molecule has 0 fully saturated rings. The van der Waals surface area contributed by atoms with Gasteiger partial charge in [-0.25, -0.2) is 19.4 Å². The van der Waals surface area contributed by atoms with Gasteiger partial charge in [-0.15, -0.1) is 0 Å². The standard InChI is InChI=1S/C16H16N4O6/c21-13(19-12-6-7-17-15(24)20-12)8-11(14(22)23)18-16(25)26-9-10-4-2-1-3-5-10/h1-7,11H,8-9H2,(H,18,25)(H,22,23)(H2,17,19,20,21,24)/t11-/m0/s1. The fourth-order valence-electron chi connectivity index (χ4n) is 1.94. The van der Waals surface area contributed by atoms with E-state index in [1.165, 1.54) is 12.3 Å². The molecule has 2 rings (SSSR count). The van der Waals surface area contributed by atoms with Crippen molar-refractivity contribution in [1.29, 1.82) is 0 Å². The molecule has 0 unspecified atom stereocenters. The summed E-state index contributed by atoms with van der Waals surface area (Å²) in [7, 11) is 0. The molecular weight excluding hydrogens is 344 g/mol. The van der Waals surface area contributed by atoms with Crippen molar-refractivity contribution < 1.29 is 24.2 Å². The predicted molar refractivity (Wildman–Crippen MR) is 89.3 cm³/mol. The first kappa shape index (κ1) is 18.6. The molecule has 4 N–H and O–H groups in total. The van der Waals surface area contributed by atoms with Gasteiger partial charge in [0.15, 0.2) is 0 Å². The number of aromatic amines is 1. The highest BCUT2D eigenvalue weighted by molar-refractivity contribution is 5.94. The normalized spacial score (nSPS) is 11.2. The van der Waals surface area contributed by atoms with Crippen molar-refractivity contribution in [2.24, 2.45) is 0 Å². The van der Waals surface area contributed by atoms with Crippen LogP contribution in [0.4, 0.5) is 10.6 Å². The molecule has 136 valence electrons. The second-order valence-corrected chi connectivity index (χ2v) is 5.14. The lowest BCUT2D eigenvalue weighted by atomic mass is 10.2. The summed E-state index contributed by atoms with van der Waals surface area (Å²) in [4.78, 5) is 51.6. The molecule has 0 radical (unpaired) electrons. The summed E-state index contributed by atoms with van der Waals surface area (Å²) in [5.74, 6) is -2.06. The molecule has 10 heteroatoms. The molecule has 0 saturated carbocycles. The Bertz CT molecular complexity index is 836. The number of aromatic nitrogens is 2. The van der Waals surface area contributed by atoms with E-state index in [-0.39, 0.29) is 12.4 Å². The molecule has 0 aliphatic rings. The van der Waals surface area contributed by atoms with E-state index in [0.29, 0.717) is 0 Å². The molecule has 1 aromatic carbocycles. The Morgan fingerprint density at radius 2 is 1.92 bits per heavy atom. The van der Waals surface area contributed by atoms with E-state index in [9.17, 15) is 19.2 Å². The van der Waals surface area contributed by atoms with Crippen LogP contribution in [0.1, 0.15) is 12.0 Å². The number of nitrogens with one attached hydrogen (secondary N) is 3. The first-order valence-corrected chi connectivity index (χ1v) is 7.49. The minimum atomic E-state index is -1.49. The van der Waals surface area contributed by atoms with Crippen LogP contribution in [0.5, 0.6) is 0 Å². The molecule has 0 spiro atoms. The third kappa shape index (κ3) is 6.07. The van der Waals surface area contributed by atoms with Crippen molar-refractivity contribution in [3.8, 4) is 0 Å². The number of carbonyl (C=O) groups excluding carboxylic acids is 2. The van der Waals surface area contributed by atoms with Crippen LogP contribution in [0.25, 0.3) is 0 Å². The van der Waals surface area contributed by atoms with E-state index in [1.54, 1.807) is 30.3 Å². The Labute approximate surface area is 147 Å². The van der Waals surface area contributed by atoms with Crippen LogP contribution in [0.3, 0.4) is 0 Å². The maximum atomic E-state index is 11.9. The molecule has 1 aromatic heterocycles. The van der Waals surface area contributed by atoms with Gasteiger partial charge < -0.3 is 20.5 Å². The van der Waals surface area contributed by atoms with Gasteiger partial charge in [0.1, 0.15) is 18.5 Å². The van der Waals surface area contributed by atoms with Crippen LogP contribution >= 0.6 is 0 Å². The highest BCUT2D eigenvalue weighted by Crippen LogP contribution is 2.03. The van der Waals surface area contributed by atoms with Crippen molar-refractivity contribution in [1.82, 2.24) is 15.3 Å². The van der Waals surface area contributed by atoms with E-state index in [0.717, 1.165) is 5.56 Å². The van der Waals surface area contributed by atoms with E-state index in [1.807, 2.05) is 0 Å². The van der Waals surface area contributed by atoms with Gasteiger partial charge in [-0.2, -0.15) is 0 Å². The van der Waals surface area contributed by atoms with Gasteiger partial charge in [-0.3, -0.25) is 9.78 Å². The summed E-state index contributed by atoms with van der Waals surface area (Å²) in [5, 5.41) is 13.6. The first-order chi connectivity index (χ1) is 12.4. The van der Waals surface area contributed by atoms with Gasteiger partial charge >= 0.3 is 17.8 Å². The number of anilines is 1. The number of benzene rings is 1. The van der Waals surface area contributed by atoms with Gasteiger partial charge in [-0.1, -0.05) is 30.3 Å². The molecule has 10 nitrogen and oxygen atoms in total. The largest absolute Gasteiger partial charge is 0.480 e. The number of nitrogens with zero attached hydrogens (tertiary/aromatic N) is 1. The second-order valence-electron chi connectivity index (χ2n) is 5.14. The van der Waals surface area contributed by atoms with Crippen LogP contribution in [0.15, 0.2) is 47.4 Å². The number of alkyl carbamates (subject to hydrolysis) is 1. The maximum absolute atomic E-state index is 11.9. The molecule has 0 bridgehead atoms. The lowest BCUT2D eigenvalue weighted by Crippen LogP contribution is -2.43. The van der Waals surface area contributed by atoms with Crippen LogP contribution < -0.4 is 16.3 Å². The summed E-state index contributed by atoms with van der Waals surface area (Å²) >= 11 is 0. The third-order valence-electron chi connectivity index (χ3n) is 3.14. The van der Waals surface area contributed by atoms with E-state index in [4.69, 9.17) is 9.84 Å². The number of hydrogen-bond acceptors (Lipinski definition) is 6. The number of ether oxygens (including phenoxy) is 1. The highest BCUT2D eigenvalue weighted by atomic mass is 16.5. The second kappa shape index (κ2) is 8.97. The average molecular weight is 360 g/mol. The predicted octanol–water partition coefficient (Wildman–Crippen LogP) is 0.478. The SMILES string of the molecule is O=C(C[C@H](NC(=O)OCc1ccccc1)C(=O)O)Nc1ccnc(=O)[nH]1. The number of aliphatic carboxylic acids is 1. The molecule has 0 saturated heterocycles. The maximum Gasteiger partial charge on any atom is 0.408 e. The summed E-state index contributed by atoms with van der Waals surface area (Å²) in [6.07, 6.45) is -0.339.